The number of hydrogen-bond donors (Lipinski definition) is 0. The summed E-state index contributed by atoms with van der Waals surface area (Å²) < 4.78 is 2.42. The van der Waals surface area contributed by atoms with Crippen molar-refractivity contribution in [3.05, 3.63) is 41.5 Å². The highest BCUT2D eigenvalue weighted by atomic mass is 15.1. The summed E-state index contributed by atoms with van der Waals surface area (Å²) in [5.41, 5.74) is 3.74. The Morgan fingerprint density at radius 2 is 1.53 bits per heavy atom. The van der Waals surface area contributed by atoms with E-state index < -0.39 is 0 Å². The van der Waals surface area contributed by atoms with Crippen LogP contribution in [0.1, 0.15) is 135 Å². The smallest absolute Gasteiger partial charge is 0.114 e. The SMILES string of the molecule is CC(C)C1CC(CC(C)(C)C2C=CCC2C(C)(C)C)C=C1C(C)(C)Cc1cn(C(C)(C)C)c(C(C)(C)C)n1. The van der Waals surface area contributed by atoms with Gasteiger partial charge in [-0.15, -0.1) is 0 Å². The molecule has 0 N–H and O–H groups in total. The normalized spacial score (nSPS) is 25.5. The van der Waals surface area contributed by atoms with Gasteiger partial charge in [0.1, 0.15) is 5.82 Å². The highest BCUT2D eigenvalue weighted by Gasteiger charge is 2.44. The molecule has 216 valence electrons. The van der Waals surface area contributed by atoms with Crippen molar-refractivity contribution in [2.75, 3.05) is 0 Å². The average Bonchev–Trinajstić information content (AvgIpc) is 3.43. The molecule has 0 amide bonds. The van der Waals surface area contributed by atoms with Gasteiger partial charge in [-0.05, 0) is 85.9 Å². The van der Waals surface area contributed by atoms with Gasteiger partial charge in [0.25, 0.3) is 0 Å². The summed E-state index contributed by atoms with van der Waals surface area (Å²) in [7, 11) is 0. The maximum Gasteiger partial charge on any atom is 0.114 e. The van der Waals surface area contributed by atoms with Crippen LogP contribution in [0.5, 0.6) is 0 Å². The van der Waals surface area contributed by atoms with Gasteiger partial charge in [-0.2, -0.15) is 0 Å². The molecule has 0 aromatic carbocycles. The predicted molar refractivity (Wildman–Crippen MR) is 167 cm³/mol. The van der Waals surface area contributed by atoms with Gasteiger partial charge >= 0.3 is 0 Å². The van der Waals surface area contributed by atoms with Gasteiger partial charge in [-0.3, -0.25) is 0 Å². The molecule has 2 aliphatic rings. The lowest BCUT2D eigenvalue weighted by Crippen LogP contribution is -2.35. The zero-order valence-corrected chi connectivity index (χ0v) is 27.9. The lowest BCUT2D eigenvalue weighted by molar-refractivity contribution is 0.0899. The van der Waals surface area contributed by atoms with Gasteiger partial charge in [-0.25, -0.2) is 4.98 Å². The molecule has 3 rings (SSSR count). The Kier molecular flexibility index (Phi) is 8.43. The lowest BCUT2D eigenvalue weighted by Gasteiger charge is -2.42. The fourth-order valence-electron chi connectivity index (χ4n) is 7.67. The van der Waals surface area contributed by atoms with Gasteiger partial charge in [0, 0.05) is 23.6 Å². The average molecular weight is 523 g/mol. The van der Waals surface area contributed by atoms with Crippen molar-refractivity contribution in [2.24, 2.45) is 45.8 Å². The van der Waals surface area contributed by atoms with E-state index in [0.29, 0.717) is 34.5 Å². The van der Waals surface area contributed by atoms with Crippen molar-refractivity contribution in [3.8, 4) is 0 Å². The Morgan fingerprint density at radius 3 is 2.00 bits per heavy atom. The molecule has 4 atom stereocenters. The van der Waals surface area contributed by atoms with Crippen LogP contribution in [0.3, 0.4) is 0 Å². The Balaban J connectivity index is 1.89. The monoisotopic (exact) mass is 522 g/mol. The van der Waals surface area contributed by atoms with Gasteiger partial charge in [-0.1, -0.05) is 107 Å². The molecule has 38 heavy (non-hydrogen) atoms. The van der Waals surface area contributed by atoms with Crippen LogP contribution in [-0.2, 0) is 17.4 Å². The van der Waals surface area contributed by atoms with Gasteiger partial charge in [0.05, 0.1) is 5.69 Å². The maximum atomic E-state index is 5.26. The minimum atomic E-state index is 0.0268. The number of nitrogens with zero attached hydrogens (tertiary/aromatic N) is 2. The van der Waals surface area contributed by atoms with E-state index in [1.807, 2.05) is 0 Å². The Labute approximate surface area is 237 Å². The standard InChI is InChI=1S/C36H62N2/c1-24(2)27-19-25(21-35(12,13)29-18-16-17-28(29)32(3,4)5)20-30(27)36(14,15)22-26-23-38(34(9,10)11)31(37-26)33(6,7)8/h16,18,20,23-25,27-29H,17,19,21-22H2,1-15H3. The zero-order valence-electron chi connectivity index (χ0n) is 27.9. The van der Waals surface area contributed by atoms with Crippen LogP contribution in [0.2, 0.25) is 0 Å². The third-order valence-electron chi connectivity index (χ3n) is 9.70. The number of imidazole rings is 1. The molecule has 2 aliphatic carbocycles. The van der Waals surface area contributed by atoms with Crippen LogP contribution in [0.25, 0.3) is 0 Å². The molecule has 0 saturated heterocycles. The first-order valence-corrected chi connectivity index (χ1v) is 15.5. The van der Waals surface area contributed by atoms with Crippen molar-refractivity contribution in [1.29, 1.82) is 0 Å². The van der Waals surface area contributed by atoms with Crippen LogP contribution in [0, 0.1) is 45.8 Å². The van der Waals surface area contributed by atoms with Crippen LogP contribution in [0.15, 0.2) is 30.0 Å². The number of allylic oxidation sites excluding steroid dienone is 4. The molecule has 4 unspecified atom stereocenters. The Hall–Kier alpha value is -1.31. The number of aromatic nitrogens is 2. The Morgan fingerprint density at radius 1 is 0.921 bits per heavy atom. The van der Waals surface area contributed by atoms with E-state index in [4.69, 9.17) is 4.98 Å². The maximum absolute atomic E-state index is 5.26. The summed E-state index contributed by atoms with van der Waals surface area (Å²) in [5, 5.41) is 0. The summed E-state index contributed by atoms with van der Waals surface area (Å²) in [5.74, 6) is 4.61. The molecule has 2 nitrogen and oxygen atoms in total. The van der Waals surface area contributed by atoms with E-state index in [-0.39, 0.29) is 16.4 Å². The van der Waals surface area contributed by atoms with E-state index in [1.165, 1.54) is 30.8 Å². The summed E-state index contributed by atoms with van der Waals surface area (Å²) in [4.78, 5) is 5.26. The van der Waals surface area contributed by atoms with Crippen LogP contribution in [0.4, 0.5) is 0 Å². The minimum absolute atomic E-state index is 0.0268. The fraction of sp³-hybridized carbons (Fsp3) is 0.806. The highest BCUT2D eigenvalue weighted by Crippen LogP contribution is 2.53. The van der Waals surface area contributed by atoms with Gasteiger partial charge in [0.2, 0.25) is 0 Å². The van der Waals surface area contributed by atoms with Crippen LogP contribution >= 0.6 is 0 Å². The molecular weight excluding hydrogens is 460 g/mol. The van der Waals surface area contributed by atoms with Crippen molar-refractivity contribution in [2.45, 2.75) is 140 Å². The molecule has 1 aromatic rings. The second-order valence-electron chi connectivity index (χ2n) is 17.7. The van der Waals surface area contributed by atoms with E-state index in [0.717, 1.165) is 12.3 Å². The van der Waals surface area contributed by atoms with Crippen molar-refractivity contribution in [1.82, 2.24) is 9.55 Å². The van der Waals surface area contributed by atoms with Gasteiger partial charge < -0.3 is 4.57 Å². The predicted octanol–water partition coefficient (Wildman–Crippen LogP) is 10.4. The van der Waals surface area contributed by atoms with Gasteiger partial charge in [0.15, 0.2) is 0 Å². The molecule has 0 aliphatic heterocycles. The molecule has 0 fully saturated rings. The summed E-state index contributed by atoms with van der Waals surface area (Å²) in [6.07, 6.45) is 14.9. The molecule has 0 bridgehead atoms. The van der Waals surface area contributed by atoms with Crippen LogP contribution < -0.4 is 0 Å². The molecule has 0 radical (unpaired) electrons. The first kappa shape index (κ1) is 31.2. The quantitative estimate of drug-likeness (QED) is 0.326. The van der Waals surface area contributed by atoms with Crippen LogP contribution in [-0.4, -0.2) is 9.55 Å². The molecule has 1 heterocycles. The van der Waals surface area contributed by atoms with Crippen molar-refractivity contribution < 1.29 is 0 Å². The van der Waals surface area contributed by atoms with E-state index in [2.05, 4.69) is 133 Å². The number of rotatable bonds is 7. The molecule has 0 spiro atoms. The summed E-state index contributed by atoms with van der Waals surface area (Å²) in [6, 6.07) is 0. The third-order valence-corrected chi connectivity index (χ3v) is 9.70. The molecule has 0 saturated carbocycles. The second kappa shape index (κ2) is 10.3. The summed E-state index contributed by atoms with van der Waals surface area (Å²) in [6.45, 7) is 36.0. The number of hydrogen-bond acceptors (Lipinski definition) is 1. The second-order valence-corrected chi connectivity index (χ2v) is 17.7. The molecule has 1 aromatic heterocycles. The van der Waals surface area contributed by atoms with E-state index in [9.17, 15) is 0 Å². The topological polar surface area (TPSA) is 17.8 Å². The van der Waals surface area contributed by atoms with Crippen molar-refractivity contribution >= 4 is 0 Å². The highest BCUT2D eigenvalue weighted by molar-refractivity contribution is 5.27. The summed E-state index contributed by atoms with van der Waals surface area (Å²) >= 11 is 0. The largest absolute Gasteiger partial charge is 0.329 e. The van der Waals surface area contributed by atoms with E-state index >= 15 is 0 Å². The molecular formula is C36H62N2. The van der Waals surface area contributed by atoms with Crippen molar-refractivity contribution in [3.63, 3.8) is 0 Å². The zero-order chi connectivity index (χ0) is 29.1. The lowest BCUT2D eigenvalue weighted by atomic mass is 9.62. The molecule has 2 heteroatoms. The van der Waals surface area contributed by atoms with E-state index in [1.54, 1.807) is 5.57 Å². The first-order valence-electron chi connectivity index (χ1n) is 15.5. The minimum Gasteiger partial charge on any atom is -0.329 e. The third kappa shape index (κ3) is 6.69. The Bertz CT molecular complexity index is 991. The first-order chi connectivity index (χ1) is 17.0. The fourth-order valence-corrected chi connectivity index (χ4v) is 7.67.